The molecule has 3 heteroatoms. The van der Waals surface area contributed by atoms with E-state index in [1.807, 2.05) is 18.2 Å². The second kappa shape index (κ2) is 4.84. The summed E-state index contributed by atoms with van der Waals surface area (Å²) in [6.07, 6.45) is 0. The number of aromatic nitrogens is 1. The van der Waals surface area contributed by atoms with Crippen LogP contribution in [0.4, 0.5) is 5.82 Å². The molecule has 0 amide bonds. The predicted molar refractivity (Wildman–Crippen MR) is 66.5 cm³/mol. The van der Waals surface area contributed by atoms with Crippen LogP contribution in [0.2, 0.25) is 0 Å². The largest absolute Gasteiger partial charge is 0.359 e. The lowest BCUT2D eigenvalue weighted by Crippen LogP contribution is -2.29. The van der Waals surface area contributed by atoms with Gasteiger partial charge in [0, 0.05) is 13.6 Å². The molecule has 0 unspecified atom stereocenters. The summed E-state index contributed by atoms with van der Waals surface area (Å²) < 4.78 is 0. The minimum atomic E-state index is 0.271. The van der Waals surface area contributed by atoms with Gasteiger partial charge in [-0.1, -0.05) is 26.8 Å². The summed E-state index contributed by atoms with van der Waals surface area (Å²) in [5.74, 6) is 1.46. The van der Waals surface area contributed by atoms with E-state index < -0.39 is 0 Å². The highest BCUT2D eigenvalue weighted by molar-refractivity contribution is 6.16. The summed E-state index contributed by atoms with van der Waals surface area (Å²) >= 11 is 5.76. The van der Waals surface area contributed by atoms with Gasteiger partial charge in [0.1, 0.15) is 5.82 Å². The van der Waals surface area contributed by atoms with Gasteiger partial charge in [0.05, 0.1) is 11.6 Å². The summed E-state index contributed by atoms with van der Waals surface area (Å²) in [6, 6.07) is 5.96. The highest BCUT2D eigenvalue weighted by Gasteiger charge is 2.14. The Morgan fingerprint density at radius 3 is 2.53 bits per heavy atom. The Hall–Kier alpha value is -0.760. The third kappa shape index (κ3) is 4.08. The van der Waals surface area contributed by atoms with Crippen LogP contribution >= 0.6 is 11.6 Å². The Morgan fingerprint density at radius 1 is 1.33 bits per heavy atom. The molecule has 84 valence electrons. The zero-order valence-electron chi connectivity index (χ0n) is 9.92. The first-order valence-electron chi connectivity index (χ1n) is 5.15. The van der Waals surface area contributed by atoms with Crippen LogP contribution in [-0.4, -0.2) is 18.6 Å². The van der Waals surface area contributed by atoms with Crippen molar-refractivity contribution in [2.75, 3.05) is 18.5 Å². The quantitative estimate of drug-likeness (QED) is 0.736. The van der Waals surface area contributed by atoms with Crippen molar-refractivity contribution >= 4 is 17.4 Å². The predicted octanol–water partition coefficient (Wildman–Crippen LogP) is 3.30. The molecular formula is C12H19ClN2. The van der Waals surface area contributed by atoms with Gasteiger partial charge in [0.25, 0.3) is 0 Å². The van der Waals surface area contributed by atoms with E-state index in [9.17, 15) is 0 Å². The normalized spacial score (nSPS) is 11.5. The minimum absolute atomic E-state index is 0.271. The highest BCUT2D eigenvalue weighted by atomic mass is 35.5. The van der Waals surface area contributed by atoms with Crippen molar-refractivity contribution < 1.29 is 0 Å². The van der Waals surface area contributed by atoms with Gasteiger partial charge in [-0.05, 0) is 17.5 Å². The molecule has 0 saturated heterocycles. The molecule has 0 radical (unpaired) electrons. The number of hydrogen-bond donors (Lipinski definition) is 0. The Labute approximate surface area is 97.3 Å². The highest BCUT2D eigenvalue weighted by Crippen LogP contribution is 2.19. The molecule has 0 saturated carbocycles. The molecule has 0 N–H and O–H groups in total. The molecule has 0 atom stereocenters. The fraction of sp³-hybridized carbons (Fsp3) is 0.583. The maximum Gasteiger partial charge on any atom is 0.128 e. The molecule has 0 fully saturated rings. The first kappa shape index (κ1) is 12.3. The van der Waals surface area contributed by atoms with E-state index in [1.54, 1.807) is 0 Å². The van der Waals surface area contributed by atoms with Crippen molar-refractivity contribution in [3.05, 3.63) is 23.9 Å². The lowest BCUT2D eigenvalue weighted by Gasteiger charge is -2.27. The van der Waals surface area contributed by atoms with E-state index in [0.717, 1.165) is 18.1 Å². The van der Waals surface area contributed by atoms with Crippen molar-refractivity contribution in [2.45, 2.75) is 26.7 Å². The van der Waals surface area contributed by atoms with Gasteiger partial charge in [0.2, 0.25) is 0 Å². The Bertz CT molecular complexity index is 318. The molecule has 2 nitrogen and oxygen atoms in total. The first-order chi connectivity index (χ1) is 6.92. The minimum Gasteiger partial charge on any atom is -0.359 e. The van der Waals surface area contributed by atoms with Crippen LogP contribution in [0.15, 0.2) is 18.2 Å². The van der Waals surface area contributed by atoms with Crippen LogP contribution in [0, 0.1) is 5.41 Å². The molecule has 0 aliphatic rings. The monoisotopic (exact) mass is 226 g/mol. The van der Waals surface area contributed by atoms with E-state index in [4.69, 9.17) is 11.6 Å². The van der Waals surface area contributed by atoms with Crippen molar-refractivity contribution in [1.29, 1.82) is 0 Å². The molecule has 15 heavy (non-hydrogen) atoms. The van der Waals surface area contributed by atoms with E-state index in [-0.39, 0.29) is 5.41 Å². The van der Waals surface area contributed by atoms with Crippen LogP contribution in [0.5, 0.6) is 0 Å². The van der Waals surface area contributed by atoms with Gasteiger partial charge in [-0.3, -0.25) is 0 Å². The number of hydrogen-bond acceptors (Lipinski definition) is 2. The molecular weight excluding hydrogens is 208 g/mol. The number of anilines is 1. The first-order valence-corrected chi connectivity index (χ1v) is 5.69. The third-order valence-corrected chi connectivity index (χ3v) is 2.31. The number of pyridine rings is 1. The van der Waals surface area contributed by atoms with Gasteiger partial charge in [0.15, 0.2) is 0 Å². The molecule has 0 bridgehead atoms. The smallest absolute Gasteiger partial charge is 0.128 e. The van der Waals surface area contributed by atoms with Crippen LogP contribution < -0.4 is 4.90 Å². The summed E-state index contributed by atoms with van der Waals surface area (Å²) in [5.41, 5.74) is 1.20. The van der Waals surface area contributed by atoms with Crippen molar-refractivity contribution in [2.24, 2.45) is 5.41 Å². The van der Waals surface area contributed by atoms with Gasteiger partial charge >= 0.3 is 0 Å². The zero-order chi connectivity index (χ0) is 11.5. The van der Waals surface area contributed by atoms with Crippen molar-refractivity contribution in [3.8, 4) is 0 Å². The topological polar surface area (TPSA) is 16.1 Å². The SMILES string of the molecule is CN(CC(C)(C)C)c1cccc(CCl)n1. The maximum atomic E-state index is 5.76. The van der Waals surface area contributed by atoms with Crippen molar-refractivity contribution in [1.82, 2.24) is 4.98 Å². The molecule has 0 aliphatic heterocycles. The summed E-state index contributed by atoms with van der Waals surface area (Å²) in [6.45, 7) is 7.63. The molecule has 0 aromatic carbocycles. The standard InChI is InChI=1S/C12H19ClN2/c1-12(2,3)9-15(4)11-7-5-6-10(8-13)14-11/h5-7H,8-9H2,1-4H3. The Balaban J connectivity index is 2.77. The second-order valence-electron chi connectivity index (χ2n) is 5.04. The van der Waals surface area contributed by atoms with E-state index in [1.165, 1.54) is 0 Å². The third-order valence-electron chi connectivity index (χ3n) is 2.03. The molecule has 0 spiro atoms. The number of nitrogens with zero attached hydrogens (tertiary/aromatic N) is 2. The summed E-state index contributed by atoms with van der Waals surface area (Å²) in [7, 11) is 2.06. The van der Waals surface area contributed by atoms with Crippen LogP contribution in [0.1, 0.15) is 26.5 Å². The summed E-state index contributed by atoms with van der Waals surface area (Å²) in [4.78, 5) is 6.63. The fourth-order valence-corrected chi connectivity index (χ4v) is 1.70. The molecule has 1 aromatic rings. The zero-order valence-corrected chi connectivity index (χ0v) is 10.7. The molecule has 0 aliphatic carbocycles. The van der Waals surface area contributed by atoms with E-state index in [2.05, 4.69) is 37.7 Å². The summed E-state index contributed by atoms with van der Waals surface area (Å²) in [5, 5.41) is 0. The van der Waals surface area contributed by atoms with Crippen LogP contribution in [-0.2, 0) is 5.88 Å². The Morgan fingerprint density at radius 2 is 2.00 bits per heavy atom. The van der Waals surface area contributed by atoms with Gasteiger partial charge in [-0.25, -0.2) is 4.98 Å². The van der Waals surface area contributed by atoms with Crippen molar-refractivity contribution in [3.63, 3.8) is 0 Å². The van der Waals surface area contributed by atoms with Gasteiger partial charge in [-0.2, -0.15) is 0 Å². The molecule has 1 aromatic heterocycles. The Kier molecular flexibility index (Phi) is 3.97. The van der Waals surface area contributed by atoms with E-state index in [0.29, 0.717) is 5.88 Å². The van der Waals surface area contributed by atoms with Gasteiger partial charge < -0.3 is 4.90 Å². The molecule has 1 heterocycles. The van der Waals surface area contributed by atoms with E-state index >= 15 is 0 Å². The van der Waals surface area contributed by atoms with Crippen LogP contribution in [0.3, 0.4) is 0 Å². The second-order valence-corrected chi connectivity index (χ2v) is 5.30. The number of rotatable bonds is 3. The molecule has 1 rings (SSSR count). The average molecular weight is 227 g/mol. The van der Waals surface area contributed by atoms with Gasteiger partial charge in [-0.15, -0.1) is 11.6 Å². The fourth-order valence-electron chi connectivity index (χ4n) is 1.55. The lowest BCUT2D eigenvalue weighted by molar-refractivity contribution is 0.417. The maximum absolute atomic E-state index is 5.76. The van der Waals surface area contributed by atoms with Crippen LogP contribution in [0.25, 0.3) is 0 Å². The number of alkyl halides is 1. The average Bonchev–Trinajstić information content (AvgIpc) is 2.15. The number of halogens is 1. The lowest BCUT2D eigenvalue weighted by atomic mass is 9.96.